The van der Waals surface area contributed by atoms with Crippen LogP contribution in [0.1, 0.15) is 66.2 Å². The predicted molar refractivity (Wildman–Crippen MR) is 78.7 cm³/mol. The average Bonchev–Trinajstić information content (AvgIpc) is 2.33. The first-order valence-electron chi connectivity index (χ1n) is 7.59. The maximum Gasteiger partial charge on any atom is 0.236 e. The van der Waals surface area contributed by atoms with Gasteiger partial charge in [0.1, 0.15) is 0 Å². The molecule has 0 aromatic rings. The van der Waals surface area contributed by atoms with Gasteiger partial charge in [-0.25, -0.2) is 0 Å². The highest BCUT2D eigenvalue weighted by atomic mass is 16.2. The van der Waals surface area contributed by atoms with E-state index in [1.807, 2.05) is 6.92 Å². The summed E-state index contributed by atoms with van der Waals surface area (Å²) in [4.78, 5) is 11.7. The Hall–Kier alpha value is -0.570. The molecule has 0 heterocycles. The second kappa shape index (κ2) is 11.5. The Morgan fingerprint density at radius 1 is 1.00 bits per heavy atom. The van der Waals surface area contributed by atoms with Crippen LogP contribution in [0.3, 0.4) is 0 Å². The Morgan fingerprint density at radius 3 is 2.28 bits per heavy atom. The summed E-state index contributed by atoms with van der Waals surface area (Å²) in [7, 11) is 0. The minimum atomic E-state index is -0.0642. The van der Waals surface area contributed by atoms with E-state index in [9.17, 15) is 4.79 Å². The van der Waals surface area contributed by atoms with E-state index in [1.165, 1.54) is 25.7 Å². The van der Waals surface area contributed by atoms with Crippen LogP contribution in [0.4, 0.5) is 0 Å². The fourth-order valence-corrected chi connectivity index (χ4v) is 1.83. The third-order valence-electron chi connectivity index (χ3n) is 3.13. The molecule has 0 fully saturated rings. The molecular weight excluding hydrogens is 224 g/mol. The van der Waals surface area contributed by atoms with E-state index in [0.29, 0.717) is 0 Å². The summed E-state index contributed by atoms with van der Waals surface area (Å²) in [6.45, 7) is 10.4. The van der Waals surface area contributed by atoms with E-state index in [4.69, 9.17) is 0 Å². The molecule has 1 amide bonds. The number of nitrogens with one attached hydrogen (secondary N) is 2. The molecule has 3 nitrogen and oxygen atoms in total. The molecule has 2 N–H and O–H groups in total. The summed E-state index contributed by atoms with van der Waals surface area (Å²) < 4.78 is 0. The number of hydrogen-bond acceptors (Lipinski definition) is 2. The molecule has 0 radical (unpaired) electrons. The molecule has 0 aliphatic carbocycles. The van der Waals surface area contributed by atoms with Crippen LogP contribution < -0.4 is 10.6 Å². The van der Waals surface area contributed by atoms with Crippen molar-refractivity contribution in [2.24, 2.45) is 5.92 Å². The van der Waals surface area contributed by atoms with Gasteiger partial charge < -0.3 is 10.6 Å². The Labute approximate surface area is 113 Å². The molecule has 0 aliphatic rings. The fourth-order valence-electron chi connectivity index (χ4n) is 1.83. The van der Waals surface area contributed by atoms with Crippen LogP contribution >= 0.6 is 0 Å². The van der Waals surface area contributed by atoms with Crippen molar-refractivity contribution in [2.75, 3.05) is 13.1 Å². The molecule has 0 aliphatic heterocycles. The normalized spacial score (nSPS) is 12.7. The minimum absolute atomic E-state index is 0.0642. The summed E-state index contributed by atoms with van der Waals surface area (Å²) in [5.41, 5.74) is 0. The molecule has 0 saturated heterocycles. The number of unbranched alkanes of at least 4 members (excludes halogenated alkanes) is 3. The monoisotopic (exact) mass is 256 g/mol. The van der Waals surface area contributed by atoms with Crippen molar-refractivity contribution < 1.29 is 4.79 Å². The van der Waals surface area contributed by atoms with Gasteiger partial charge in [-0.2, -0.15) is 0 Å². The summed E-state index contributed by atoms with van der Waals surface area (Å²) in [6, 6.07) is -0.0642. The first-order chi connectivity index (χ1) is 8.57. The lowest BCUT2D eigenvalue weighted by atomic mass is 10.1. The highest BCUT2D eigenvalue weighted by Gasteiger charge is 2.10. The van der Waals surface area contributed by atoms with Crippen molar-refractivity contribution in [3.05, 3.63) is 0 Å². The van der Waals surface area contributed by atoms with Gasteiger partial charge in [0.15, 0.2) is 0 Å². The van der Waals surface area contributed by atoms with Gasteiger partial charge in [-0.15, -0.1) is 0 Å². The highest BCUT2D eigenvalue weighted by Crippen LogP contribution is 2.05. The third-order valence-corrected chi connectivity index (χ3v) is 3.13. The van der Waals surface area contributed by atoms with Crippen LogP contribution in [0.5, 0.6) is 0 Å². The van der Waals surface area contributed by atoms with Crippen LogP contribution in [-0.2, 0) is 4.79 Å². The summed E-state index contributed by atoms with van der Waals surface area (Å²) in [5.74, 6) is 0.916. The van der Waals surface area contributed by atoms with Crippen LogP contribution in [-0.4, -0.2) is 25.0 Å². The standard InChI is InChI=1S/C15H32N2O/c1-5-6-8-12-17-15(18)14(4)16-11-9-7-10-13(2)3/h13-14,16H,5-12H2,1-4H3,(H,17,18). The fraction of sp³-hybridized carbons (Fsp3) is 0.933. The smallest absolute Gasteiger partial charge is 0.236 e. The molecule has 0 aromatic heterocycles. The SMILES string of the molecule is CCCCCNC(=O)C(C)NCCCCC(C)C. The lowest BCUT2D eigenvalue weighted by Gasteiger charge is -2.14. The molecule has 3 heteroatoms. The summed E-state index contributed by atoms with van der Waals surface area (Å²) in [6.07, 6.45) is 7.15. The van der Waals surface area contributed by atoms with Gasteiger partial charge in [-0.1, -0.05) is 46.5 Å². The molecule has 0 spiro atoms. The van der Waals surface area contributed by atoms with Crippen molar-refractivity contribution in [2.45, 2.75) is 72.3 Å². The van der Waals surface area contributed by atoms with Crippen LogP contribution in [0, 0.1) is 5.92 Å². The predicted octanol–water partition coefficient (Wildman–Crippen LogP) is 3.10. The molecular formula is C15H32N2O. The Morgan fingerprint density at radius 2 is 1.67 bits per heavy atom. The number of carbonyl (C=O) groups excluding carboxylic acids is 1. The van der Waals surface area contributed by atoms with Crippen molar-refractivity contribution in [3.8, 4) is 0 Å². The minimum Gasteiger partial charge on any atom is -0.355 e. The van der Waals surface area contributed by atoms with Gasteiger partial charge >= 0.3 is 0 Å². The number of rotatable bonds is 11. The van der Waals surface area contributed by atoms with Gasteiger partial charge in [0, 0.05) is 6.54 Å². The molecule has 108 valence electrons. The van der Waals surface area contributed by atoms with Gasteiger partial charge in [-0.3, -0.25) is 4.79 Å². The zero-order valence-electron chi connectivity index (χ0n) is 12.7. The van der Waals surface area contributed by atoms with Crippen molar-refractivity contribution in [1.29, 1.82) is 0 Å². The topological polar surface area (TPSA) is 41.1 Å². The second-order valence-electron chi connectivity index (χ2n) is 5.56. The van der Waals surface area contributed by atoms with E-state index in [0.717, 1.165) is 31.8 Å². The maximum atomic E-state index is 11.7. The van der Waals surface area contributed by atoms with E-state index < -0.39 is 0 Å². The van der Waals surface area contributed by atoms with Crippen LogP contribution in [0.2, 0.25) is 0 Å². The van der Waals surface area contributed by atoms with Crippen molar-refractivity contribution in [1.82, 2.24) is 10.6 Å². The lowest BCUT2D eigenvalue weighted by molar-refractivity contribution is -0.122. The van der Waals surface area contributed by atoms with E-state index in [-0.39, 0.29) is 11.9 Å². The van der Waals surface area contributed by atoms with E-state index in [2.05, 4.69) is 31.4 Å². The first kappa shape index (κ1) is 17.4. The maximum absolute atomic E-state index is 11.7. The summed E-state index contributed by atoms with van der Waals surface area (Å²) in [5, 5.41) is 6.26. The Kier molecular flexibility index (Phi) is 11.2. The molecule has 0 aromatic carbocycles. The first-order valence-corrected chi connectivity index (χ1v) is 7.59. The zero-order valence-corrected chi connectivity index (χ0v) is 12.7. The largest absolute Gasteiger partial charge is 0.355 e. The molecule has 0 rings (SSSR count). The van der Waals surface area contributed by atoms with Crippen LogP contribution in [0.15, 0.2) is 0 Å². The molecule has 18 heavy (non-hydrogen) atoms. The van der Waals surface area contributed by atoms with Gasteiger partial charge in [0.05, 0.1) is 6.04 Å². The Balaban J connectivity index is 3.44. The van der Waals surface area contributed by atoms with Gasteiger partial charge in [-0.05, 0) is 32.2 Å². The van der Waals surface area contributed by atoms with Crippen molar-refractivity contribution >= 4 is 5.91 Å². The molecule has 1 atom stereocenters. The van der Waals surface area contributed by atoms with Crippen LogP contribution in [0.25, 0.3) is 0 Å². The summed E-state index contributed by atoms with van der Waals surface area (Å²) >= 11 is 0. The average molecular weight is 256 g/mol. The molecule has 1 unspecified atom stereocenters. The zero-order chi connectivity index (χ0) is 13.8. The Bertz CT molecular complexity index is 205. The number of carbonyl (C=O) groups is 1. The third kappa shape index (κ3) is 10.6. The van der Waals surface area contributed by atoms with Crippen molar-refractivity contribution in [3.63, 3.8) is 0 Å². The van der Waals surface area contributed by atoms with E-state index in [1.54, 1.807) is 0 Å². The van der Waals surface area contributed by atoms with E-state index >= 15 is 0 Å². The molecule has 0 bridgehead atoms. The lowest BCUT2D eigenvalue weighted by Crippen LogP contribution is -2.42. The number of hydrogen-bond donors (Lipinski definition) is 2. The number of amides is 1. The van der Waals surface area contributed by atoms with Gasteiger partial charge in [0.25, 0.3) is 0 Å². The second-order valence-corrected chi connectivity index (χ2v) is 5.56. The quantitative estimate of drug-likeness (QED) is 0.558. The van der Waals surface area contributed by atoms with Gasteiger partial charge in [0.2, 0.25) is 5.91 Å². The molecule has 0 saturated carbocycles. The highest BCUT2D eigenvalue weighted by molar-refractivity contribution is 5.81.